The summed E-state index contributed by atoms with van der Waals surface area (Å²) in [6.07, 6.45) is 2.20. The van der Waals surface area contributed by atoms with Crippen molar-refractivity contribution in [3.63, 3.8) is 0 Å². The van der Waals surface area contributed by atoms with Crippen LogP contribution in [0.15, 0.2) is 53.5 Å². The molecule has 0 unspecified atom stereocenters. The van der Waals surface area contributed by atoms with Crippen LogP contribution in [0.25, 0.3) is 0 Å². The van der Waals surface area contributed by atoms with Crippen LogP contribution < -0.4 is 15.5 Å². The Bertz CT molecular complexity index is 1710. The van der Waals surface area contributed by atoms with Crippen LogP contribution in [0.1, 0.15) is 64.2 Å². The number of fused-ring (bicyclic) bond motifs is 5. The molecule has 0 aliphatic carbocycles. The second-order valence-electron chi connectivity index (χ2n) is 11.6. The van der Waals surface area contributed by atoms with E-state index in [1.165, 1.54) is 10.8 Å². The third kappa shape index (κ3) is 5.00. The highest BCUT2D eigenvalue weighted by atomic mass is 19.1. The number of amides is 3. The molecule has 2 saturated heterocycles. The monoisotopic (exact) mass is 610 g/mol. The van der Waals surface area contributed by atoms with Crippen molar-refractivity contribution in [1.29, 1.82) is 0 Å². The van der Waals surface area contributed by atoms with Crippen molar-refractivity contribution in [2.75, 3.05) is 13.1 Å². The molecule has 2 aromatic carbocycles. The van der Waals surface area contributed by atoms with Crippen molar-refractivity contribution in [3.05, 3.63) is 98.7 Å². The molecular formula is C31H29F3N4O6. The predicted molar refractivity (Wildman–Crippen MR) is 148 cm³/mol. The van der Waals surface area contributed by atoms with Gasteiger partial charge in [0, 0.05) is 54.9 Å². The zero-order valence-electron chi connectivity index (χ0n) is 23.7. The van der Waals surface area contributed by atoms with Gasteiger partial charge in [-0.2, -0.15) is 0 Å². The fourth-order valence-corrected chi connectivity index (χ4v) is 6.50. The lowest BCUT2D eigenvalue weighted by molar-refractivity contribution is -0.158. The number of benzene rings is 2. The highest BCUT2D eigenvalue weighted by Gasteiger charge is 2.55. The van der Waals surface area contributed by atoms with Crippen molar-refractivity contribution in [2.24, 2.45) is 5.41 Å². The Hall–Kier alpha value is -4.65. The van der Waals surface area contributed by atoms with Crippen molar-refractivity contribution >= 4 is 17.7 Å². The zero-order valence-corrected chi connectivity index (χ0v) is 23.7. The summed E-state index contributed by atoms with van der Waals surface area (Å²) in [5.74, 6) is -5.90. The Labute approximate surface area is 249 Å². The lowest BCUT2D eigenvalue weighted by Gasteiger charge is -2.43. The molecule has 1 aromatic heterocycles. The van der Waals surface area contributed by atoms with Gasteiger partial charge in [-0.15, -0.1) is 0 Å². The van der Waals surface area contributed by atoms with Crippen molar-refractivity contribution in [2.45, 2.75) is 51.4 Å². The van der Waals surface area contributed by atoms with E-state index in [-0.39, 0.29) is 43.6 Å². The molecule has 2 fully saturated rings. The van der Waals surface area contributed by atoms with Crippen LogP contribution in [0, 0.1) is 22.9 Å². The van der Waals surface area contributed by atoms with Gasteiger partial charge < -0.3 is 19.5 Å². The van der Waals surface area contributed by atoms with Gasteiger partial charge in [0.25, 0.3) is 11.8 Å². The Kier molecular flexibility index (Phi) is 7.44. The van der Waals surface area contributed by atoms with Gasteiger partial charge in [0.05, 0.1) is 12.6 Å². The maximum Gasteiger partial charge on any atom is 0.274 e. The van der Waals surface area contributed by atoms with Gasteiger partial charge in [-0.05, 0) is 25.3 Å². The van der Waals surface area contributed by atoms with E-state index >= 15 is 0 Å². The maximum absolute atomic E-state index is 14.3. The summed E-state index contributed by atoms with van der Waals surface area (Å²) in [7, 11) is 0. The predicted octanol–water partition coefficient (Wildman–Crippen LogP) is 3.56. The smallest absolute Gasteiger partial charge is 0.274 e. The number of ether oxygens (including phenoxy) is 1. The molecule has 3 aliphatic rings. The molecule has 230 valence electrons. The number of nitrogens with zero attached hydrogens (tertiary/aromatic N) is 3. The second-order valence-corrected chi connectivity index (χ2v) is 11.6. The first kappa shape index (κ1) is 29.4. The molecule has 2 N–H and O–H groups in total. The average Bonchev–Trinajstić information content (AvgIpc) is 3.21. The van der Waals surface area contributed by atoms with E-state index in [9.17, 15) is 37.6 Å². The maximum atomic E-state index is 14.3. The summed E-state index contributed by atoms with van der Waals surface area (Å²) in [4.78, 5) is 55.5. The lowest BCUT2D eigenvalue weighted by atomic mass is 9.75. The number of halogens is 3. The van der Waals surface area contributed by atoms with Crippen LogP contribution in [-0.4, -0.2) is 56.6 Å². The third-order valence-electron chi connectivity index (χ3n) is 8.92. The Morgan fingerprint density at radius 3 is 2.48 bits per heavy atom. The van der Waals surface area contributed by atoms with Crippen molar-refractivity contribution < 1.29 is 37.5 Å². The van der Waals surface area contributed by atoms with E-state index in [4.69, 9.17) is 4.74 Å². The van der Waals surface area contributed by atoms with Gasteiger partial charge in [-0.3, -0.25) is 24.4 Å². The fraction of sp³-hybridized carbons (Fsp3) is 0.355. The standard InChI is InChI=1S/C31H29F3N4O6/c1-17-7-8-31(11-25(39)38(43)16-31)24-14-36(17)30(42)26-28(44-15-18-5-3-2-4-6-18)27(40)21(13-37(24)26)29(41)35-12-20-22(33)9-19(32)10-23(20)34/h2-6,9-10,13,17,24,43H,7-8,11-12,14-16H2,1H3,(H,35,41)/t17-,24+,31-/m0/s1. The first-order chi connectivity index (χ1) is 21.0. The summed E-state index contributed by atoms with van der Waals surface area (Å²) in [5, 5.41) is 13.3. The molecule has 6 rings (SSSR count). The van der Waals surface area contributed by atoms with Crippen LogP contribution in [0.4, 0.5) is 13.2 Å². The molecule has 0 radical (unpaired) electrons. The van der Waals surface area contributed by atoms with Crippen LogP contribution in [0.2, 0.25) is 0 Å². The van der Waals surface area contributed by atoms with E-state index in [1.54, 1.807) is 35.2 Å². The Balaban J connectivity index is 1.46. The first-order valence-electron chi connectivity index (χ1n) is 14.2. The number of nitrogens with one attached hydrogen (secondary N) is 1. The topological polar surface area (TPSA) is 121 Å². The van der Waals surface area contributed by atoms with E-state index in [2.05, 4.69) is 5.32 Å². The van der Waals surface area contributed by atoms with Gasteiger partial charge in [0.15, 0.2) is 11.4 Å². The number of hydrogen-bond acceptors (Lipinski definition) is 6. The summed E-state index contributed by atoms with van der Waals surface area (Å²) < 4.78 is 49.4. The quantitative estimate of drug-likeness (QED) is 0.412. The van der Waals surface area contributed by atoms with Crippen LogP contribution in [0.3, 0.4) is 0 Å². The molecule has 0 saturated carbocycles. The van der Waals surface area contributed by atoms with E-state index < -0.39 is 69.7 Å². The van der Waals surface area contributed by atoms with Gasteiger partial charge in [-0.1, -0.05) is 30.3 Å². The summed E-state index contributed by atoms with van der Waals surface area (Å²) in [5.41, 5.74) is -2.21. The van der Waals surface area contributed by atoms with Crippen LogP contribution in [0.5, 0.6) is 5.75 Å². The summed E-state index contributed by atoms with van der Waals surface area (Å²) in [6.45, 7) is 1.21. The third-order valence-corrected chi connectivity index (χ3v) is 8.92. The SMILES string of the molecule is C[C@H]1CC[C@@]2(CC(=O)N(O)C2)[C@H]2CN1C(=O)c1c(OCc3ccccc3)c(=O)c(C(=O)NCc3c(F)cc(F)cc3F)cn12. The minimum absolute atomic E-state index is 0.0122. The van der Waals surface area contributed by atoms with Crippen LogP contribution in [-0.2, 0) is 17.9 Å². The zero-order chi connectivity index (χ0) is 31.3. The largest absolute Gasteiger partial charge is 0.483 e. The van der Waals surface area contributed by atoms with E-state index in [0.717, 1.165) is 0 Å². The molecule has 2 bridgehead atoms. The highest BCUT2D eigenvalue weighted by Crippen LogP contribution is 2.50. The number of rotatable bonds is 6. The molecule has 13 heteroatoms. The molecular weight excluding hydrogens is 581 g/mol. The Morgan fingerprint density at radius 2 is 1.82 bits per heavy atom. The van der Waals surface area contributed by atoms with Gasteiger partial charge in [0.1, 0.15) is 29.6 Å². The number of carbonyl (C=O) groups excluding carboxylic acids is 3. The number of pyridine rings is 1. The lowest BCUT2D eigenvalue weighted by Crippen LogP contribution is -2.51. The minimum Gasteiger partial charge on any atom is -0.483 e. The van der Waals surface area contributed by atoms with Crippen molar-refractivity contribution in [1.82, 2.24) is 19.8 Å². The minimum atomic E-state index is -1.21. The normalized spacial score (nSPS) is 22.7. The number of hydrogen-bond donors (Lipinski definition) is 2. The highest BCUT2D eigenvalue weighted by molar-refractivity contribution is 5.99. The molecule has 3 aliphatic heterocycles. The Morgan fingerprint density at radius 1 is 1.11 bits per heavy atom. The van der Waals surface area contributed by atoms with Gasteiger partial charge in [0.2, 0.25) is 11.3 Å². The number of aromatic nitrogens is 1. The number of hydroxylamine groups is 2. The van der Waals surface area contributed by atoms with Crippen LogP contribution >= 0.6 is 0 Å². The molecule has 4 heterocycles. The molecule has 3 amide bonds. The number of carbonyl (C=O) groups is 3. The molecule has 3 aromatic rings. The van der Waals surface area contributed by atoms with Gasteiger partial charge in [-0.25, -0.2) is 18.2 Å². The average molecular weight is 611 g/mol. The molecule has 1 spiro atoms. The van der Waals surface area contributed by atoms with Gasteiger partial charge >= 0.3 is 0 Å². The van der Waals surface area contributed by atoms with E-state index in [0.29, 0.717) is 35.6 Å². The molecule has 10 nitrogen and oxygen atoms in total. The van der Waals surface area contributed by atoms with E-state index in [1.807, 2.05) is 6.92 Å². The summed E-state index contributed by atoms with van der Waals surface area (Å²) in [6, 6.07) is 8.94. The first-order valence-corrected chi connectivity index (χ1v) is 14.2. The molecule has 44 heavy (non-hydrogen) atoms. The second kappa shape index (κ2) is 11.1. The van der Waals surface area contributed by atoms with Crippen molar-refractivity contribution in [3.8, 4) is 5.75 Å². The molecule has 3 atom stereocenters. The summed E-state index contributed by atoms with van der Waals surface area (Å²) >= 11 is 0. The fourth-order valence-electron chi connectivity index (χ4n) is 6.50.